The van der Waals surface area contributed by atoms with Crippen molar-refractivity contribution in [2.75, 3.05) is 6.61 Å². The fourth-order valence-corrected chi connectivity index (χ4v) is 1.81. The lowest BCUT2D eigenvalue weighted by Crippen LogP contribution is -2.05. The van der Waals surface area contributed by atoms with Crippen molar-refractivity contribution in [1.29, 1.82) is 0 Å². The van der Waals surface area contributed by atoms with Crippen molar-refractivity contribution in [3.8, 4) is 0 Å². The van der Waals surface area contributed by atoms with Crippen LogP contribution < -0.4 is 0 Å². The zero-order valence-electron chi connectivity index (χ0n) is 8.66. The molecule has 14 heavy (non-hydrogen) atoms. The van der Waals surface area contributed by atoms with E-state index in [4.69, 9.17) is 4.74 Å². The first-order valence-electron chi connectivity index (χ1n) is 4.88. The molecule has 2 nitrogen and oxygen atoms in total. The Morgan fingerprint density at radius 1 is 1.57 bits per heavy atom. The molecule has 1 rings (SSSR count). The van der Waals surface area contributed by atoms with Gasteiger partial charge in [-0.05, 0) is 31.7 Å². The van der Waals surface area contributed by atoms with Gasteiger partial charge in [-0.1, -0.05) is 6.07 Å². The van der Waals surface area contributed by atoms with Crippen molar-refractivity contribution >= 4 is 17.1 Å². The predicted octanol–water partition coefficient (Wildman–Crippen LogP) is 3.14. The maximum Gasteiger partial charge on any atom is 0.172 e. The lowest BCUT2D eigenvalue weighted by atomic mass is 10.2. The van der Waals surface area contributed by atoms with Gasteiger partial charge in [-0.25, -0.2) is 0 Å². The average molecular weight is 212 g/mol. The molecule has 0 N–H and O–H groups in total. The number of carbonyl (C=O) groups is 1. The number of hydrogen-bond acceptors (Lipinski definition) is 3. The Morgan fingerprint density at radius 3 is 2.93 bits per heavy atom. The molecular weight excluding hydrogens is 196 g/mol. The molecule has 0 bridgehead atoms. The molecule has 0 spiro atoms. The van der Waals surface area contributed by atoms with E-state index in [1.165, 1.54) is 11.3 Å². The third-order valence-corrected chi connectivity index (χ3v) is 2.71. The molecule has 0 aromatic carbocycles. The highest BCUT2D eigenvalue weighted by Gasteiger charge is 2.05. The van der Waals surface area contributed by atoms with Crippen molar-refractivity contribution in [2.24, 2.45) is 0 Å². The minimum atomic E-state index is 0.229. The zero-order valence-corrected chi connectivity index (χ0v) is 9.47. The molecule has 0 fully saturated rings. The molecule has 3 heteroatoms. The Labute approximate surface area is 88.9 Å². The van der Waals surface area contributed by atoms with E-state index in [1.807, 2.05) is 31.4 Å². The molecule has 0 radical (unpaired) electrons. The van der Waals surface area contributed by atoms with Crippen molar-refractivity contribution in [1.82, 2.24) is 0 Å². The molecule has 1 aromatic heterocycles. The van der Waals surface area contributed by atoms with Gasteiger partial charge in [0.15, 0.2) is 5.78 Å². The molecule has 0 saturated heterocycles. The van der Waals surface area contributed by atoms with Gasteiger partial charge in [-0.15, -0.1) is 11.3 Å². The SMILES string of the molecule is CC(C)OCCCC(=O)c1cccs1. The van der Waals surface area contributed by atoms with Gasteiger partial charge in [0.1, 0.15) is 0 Å². The summed E-state index contributed by atoms with van der Waals surface area (Å²) in [4.78, 5) is 12.4. The summed E-state index contributed by atoms with van der Waals surface area (Å²) in [6.07, 6.45) is 1.66. The van der Waals surface area contributed by atoms with E-state index in [-0.39, 0.29) is 11.9 Å². The third kappa shape index (κ3) is 4.03. The summed E-state index contributed by atoms with van der Waals surface area (Å²) < 4.78 is 5.36. The Kier molecular flexibility index (Phi) is 4.84. The van der Waals surface area contributed by atoms with Gasteiger partial charge < -0.3 is 4.74 Å². The van der Waals surface area contributed by atoms with Gasteiger partial charge in [-0.3, -0.25) is 4.79 Å². The smallest absolute Gasteiger partial charge is 0.172 e. The summed E-state index contributed by atoms with van der Waals surface area (Å²) in [6.45, 7) is 4.68. The number of thiophene rings is 1. The first-order valence-corrected chi connectivity index (χ1v) is 5.76. The fourth-order valence-electron chi connectivity index (χ4n) is 1.11. The number of ketones is 1. The van der Waals surface area contributed by atoms with Crippen LogP contribution in [0.4, 0.5) is 0 Å². The van der Waals surface area contributed by atoms with E-state index >= 15 is 0 Å². The Bertz CT molecular complexity index is 265. The maximum atomic E-state index is 11.5. The summed E-state index contributed by atoms with van der Waals surface area (Å²) in [5.74, 6) is 0.229. The van der Waals surface area contributed by atoms with Crippen LogP contribution in [0, 0.1) is 0 Å². The van der Waals surface area contributed by atoms with Gasteiger partial charge >= 0.3 is 0 Å². The van der Waals surface area contributed by atoms with Gasteiger partial charge in [0.2, 0.25) is 0 Å². The van der Waals surface area contributed by atoms with Gasteiger partial charge in [0.25, 0.3) is 0 Å². The second-order valence-corrected chi connectivity index (χ2v) is 4.37. The topological polar surface area (TPSA) is 26.3 Å². The second kappa shape index (κ2) is 5.94. The minimum absolute atomic E-state index is 0.229. The molecule has 0 amide bonds. The summed E-state index contributed by atoms with van der Waals surface area (Å²) >= 11 is 1.51. The van der Waals surface area contributed by atoms with Crippen LogP contribution in [-0.2, 0) is 4.74 Å². The third-order valence-electron chi connectivity index (χ3n) is 1.80. The van der Waals surface area contributed by atoms with E-state index in [0.29, 0.717) is 13.0 Å². The highest BCUT2D eigenvalue weighted by molar-refractivity contribution is 7.12. The van der Waals surface area contributed by atoms with E-state index in [2.05, 4.69) is 0 Å². The molecule has 0 aliphatic rings. The Morgan fingerprint density at radius 2 is 2.36 bits per heavy atom. The van der Waals surface area contributed by atoms with Crippen molar-refractivity contribution in [2.45, 2.75) is 32.8 Å². The maximum absolute atomic E-state index is 11.5. The summed E-state index contributed by atoms with van der Waals surface area (Å²) in [5.41, 5.74) is 0. The van der Waals surface area contributed by atoms with Gasteiger partial charge in [0, 0.05) is 13.0 Å². The summed E-state index contributed by atoms with van der Waals surface area (Å²) in [7, 11) is 0. The van der Waals surface area contributed by atoms with Crippen molar-refractivity contribution in [3.05, 3.63) is 22.4 Å². The van der Waals surface area contributed by atoms with Crippen LogP contribution in [0.5, 0.6) is 0 Å². The summed E-state index contributed by atoms with van der Waals surface area (Å²) in [6, 6.07) is 3.78. The Balaban J connectivity index is 2.16. The van der Waals surface area contributed by atoms with Crippen LogP contribution in [0.1, 0.15) is 36.4 Å². The Hall–Kier alpha value is -0.670. The first kappa shape index (κ1) is 11.4. The van der Waals surface area contributed by atoms with E-state index in [1.54, 1.807) is 0 Å². The molecular formula is C11H16O2S. The molecule has 0 unspecified atom stereocenters. The number of Topliss-reactive ketones (excluding diaryl/α,β-unsaturated/α-hetero) is 1. The first-order chi connectivity index (χ1) is 6.70. The summed E-state index contributed by atoms with van der Waals surface area (Å²) in [5, 5.41) is 1.93. The standard InChI is InChI=1S/C11H16O2S/c1-9(2)13-7-3-5-10(12)11-6-4-8-14-11/h4,6,8-9H,3,5,7H2,1-2H3. The fraction of sp³-hybridized carbons (Fsp3) is 0.545. The molecule has 0 aliphatic heterocycles. The molecule has 78 valence electrons. The zero-order chi connectivity index (χ0) is 10.4. The molecule has 0 saturated carbocycles. The number of hydrogen-bond donors (Lipinski definition) is 0. The molecule has 0 aliphatic carbocycles. The number of rotatable bonds is 6. The minimum Gasteiger partial charge on any atom is -0.379 e. The largest absolute Gasteiger partial charge is 0.379 e. The normalized spacial score (nSPS) is 10.8. The van der Waals surface area contributed by atoms with E-state index in [9.17, 15) is 4.79 Å². The van der Waals surface area contributed by atoms with Crippen LogP contribution in [0.2, 0.25) is 0 Å². The van der Waals surface area contributed by atoms with Crippen LogP contribution in [-0.4, -0.2) is 18.5 Å². The monoisotopic (exact) mass is 212 g/mol. The van der Waals surface area contributed by atoms with Crippen LogP contribution >= 0.6 is 11.3 Å². The van der Waals surface area contributed by atoms with Gasteiger partial charge in [0.05, 0.1) is 11.0 Å². The van der Waals surface area contributed by atoms with Crippen LogP contribution in [0.25, 0.3) is 0 Å². The predicted molar refractivity (Wildman–Crippen MR) is 59.0 cm³/mol. The van der Waals surface area contributed by atoms with Gasteiger partial charge in [-0.2, -0.15) is 0 Å². The molecule has 0 atom stereocenters. The molecule has 1 heterocycles. The number of ether oxygens (including phenoxy) is 1. The second-order valence-electron chi connectivity index (χ2n) is 3.42. The van der Waals surface area contributed by atoms with E-state index in [0.717, 1.165) is 11.3 Å². The molecule has 1 aromatic rings. The van der Waals surface area contributed by atoms with Crippen LogP contribution in [0.3, 0.4) is 0 Å². The highest BCUT2D eigenvalue weighted by Crippen LogP contribution is 2.12. The van der Waals surface area contributed by atoms with E-state index < -0.39 is 0 Å². The lowest BCUT2D eigenvalue weighted by molar-refractivity contribution is 0.0722. The lowest BCUT2D eigenvalue weighted by Gasteiger charge is -2.05. The average Bonchev–Trinajstić information content (AvgIpc) is 2.64. The van der Waals surface area contributed by atoms with Crippen molar-refractivity contribution < 1.29 is 9.53 Å². The highest BCUT2D eigenvalue weighted by atomic mass is 32.1. The van der Waals surface area contributed by atoms with Crippen LogP contribution in [0.15, 0.2) is 17.5 Å². The van der Waals surface area contributed by atoms with Crippen molar-refractivity contribution in [3.63, 3.8) is 0 Å². The quantitative estimate of drug-likeness (QED) is 0.535. The number of carbonyl (C=O) groups excluding carboxylic acids is 1.